The highest BCUT2D eigenvalue weighted by atomic mass is 16.3. The zero-order valence-electron chi connectivity index (χ0n) is 14.1. The summed E-state index contributed by atoms with van der Waals surface area (Å²) in [4.78, 5) is 8.13. The molecule has 1 aromatic rings. The second-order valence-corrected chi connectivity index (χ2v) is 7.12. The summed E-state index contributed by atoms with van der Waals surface area (Å²) in [6.07, 6.45) is 2.00. The number of aliphatic imine (C=N–C) groups is 1. The summed E-state index contributed by atoms with van der Waals surface area (Å²) in [6.45, 7) is 14.8. The maximum Gasteiger partial charge on any atom is 0.207 e. The van der Waals surface area contributed by atoms with Crippen LogP contribution in [-0.2, 0) is 0 Å². The lowest BCUT2D eigenvalue weighted by atomic mass is 9.96. The summed E-state index contributed by atoms with van der Waals surface area (Å²) in [5, 5.41) is 10.5. The summed E-state index contributed by atoms with van der Waals surface area (Å²) in [7, 11) is 1.92. The van der Waals surface area contributed by atoms with E-state index < -0.39 is 6.35 Å². The Balaban J connectivity index is 2.37. The van der Waals surface area contributed by atoms with Crippen LogP contribution in [0.2, 0.25) is 0 Å². The van der Waals surface area contributed by atoms with E-state index in [0.29, 0.717) is 0 Å². The van der Waals surface area contributed by atoms with Crippen molar-refractivity contribution in [2.75, 3.05) is 23.4 Å². The molecule has 0 aromatic heterocycles. The van der Waals surface area contributed by atoms with E-state index in [4.69, 9.17) is 0 Å². The number of hydrogen-bond donors (Lipinski definition) is 1. The summed E-state index contributed by atoms with van der Waals surface area (Å²) >= 11 is 0. The average Bonchev–Trinajstić information content (AvgIpc) is 2.68. The molecule has 0 spiro atoms. The summed E-state index contributed by atoms with van der Waals surface area (Å²) in [5.41, 5.74) is 3.31. The minimum atomic E-state index is -0.626. The van der Waals surface area contributed by atoms with Gasteiger partial charge in [0.1, 0.15) is 0 Å². The lowest BCUT2D eigenvalue weighted by molar-refractivity contribution is 0.166. The fourth-order valence-corrected chi connectivity index (χ4v) is 2.88. The average molecular weight is 301 g/mol. The van der Waals surface area contributed by atoms with Gasteiger partial charge in [-0.05, 0) is 36.2 Å². The van der Waals surface area contributed by atoms with Crippen molar-refractivity contribution >= 4 is 18.1 Å². The first-order valence-electron chi connectivity index (χ1n) is 7.66. The fraction of sp³-hybridized carbons (Fsp3) is 0.500. The molecule has 1 heterocycles. The van der Waals surface area contributed by atoms with Gasteiger partial charge in [-0.15, -0.1) is 6.58 Å². The molecule has 1 N–H and O–H groups in total. The molecule has 0 saturated heterocycles. The Bertz CT molecular complexity index is 562. The van der Waals surface area contributed by atoms with Gasteiger partial charge in [0.2, 0.25) is 6.35 Å². The van der Waals surface area contributed by atoms with E-state index in [-0.39, 0.29) is 11.5 Å². The molecule has 2 atom stereocenters. The number of aliphatic hydroxyl groups is 1. The van der Waals surface area contributed by atoms with Crippen LogP contribution in [0.1, 0.15) is 38.8 Å². The summed E-state index contributed by atoms with van der Waals surface area (Å²) in [6, 6.07) is 6.27. The van der Waals surface area contributed by atoms with Crippen LogP contribution >= 0.6 is 0 Å². The molecular weight excluding hydrogens is 274 g/mol. The van der Waals surface area contributed by atoms with Gasteiger partial charge in [-0.2, -0.15) is 0 Å². The number of rotatable bonds is 5. The fourth-order valence-electron chi connectivity index (χ4n) is 2.88. The Labute approximate surface area is 133 Å². The number of anilines is 2. The van der Waals surface area contributed by atoms with Crippen LogP contribution in [0.25, 0.3) is 0 Å². The van der Waals surface area contributed by atoms with Gasteiger partial charge in [0, 0.05) is 13.6 Å². The van der Waals surface area contributed by atoms with E-state index in [2.05, 4.69) is 57.3 Å². The van der Waals surface area contributed by atoms with Crippen LogP contribution in [0.15, 0.2) is 35.8 Å². The molecule has 0 fully saturated rings. The Hall–Kier alpha value is -1.81. The SMILES string of the molecule is C=CCC(N=C)c1ccc2c(c1)N(C)C(O)N2CC(C)(C)C. The molecular formula is C18H27N3O. The second-order valence-electron chi connectivity index (χ2n) is 7.12. The minimum absolute atomic E-state index is 0.0185. The third-order valence-electron chi connectivity index (χ3n) is 3.95. The van der Waals surface area contributed by atoms with Gasteiger partial charge in [-0.25, -0.2) is 0 Å². The molecule has 120 valence electrons. The first-order chi connectivity index (χ1) is 10.3. The zero-order valence-corrected chi connectivity index (χ0v) is 14.1. The molecule has 4 heteroatoms. The molecule has 1 aliphatic rings. The van der Waals surface area contributed by atoms with Gasteiger partial charge in [-0.1, -0.05) is 32.9 Å². The molecule has 1 aromatic carbocycles. The topological polar surface area (TPSA) is 39.1 Å². The molecule has 1 aliphatic heterocycles. The molecule has 0 saturated carbocycles. The third-order valence-corrected chi connectivity index (χ3v) is 3.95. The normalized spacial score (nSPS) is 19.0. The van der Waals surface area contributed by atoms with Gasteiger partial charge >= 0.3 is 0 Å². The van der Waals surface area contributed by atoms with Gasteiger partial charge in [-0.3, -0.25) is 4.99 Å². The molecule has 4 nitrogen and oxygen atoms in total. The summed E-state index contributed by atoms with van der Waals surface area (Å²) < 4.78 is 0. The van der Waals surface area contributed by atoms with Crippen LogP contribution in [-0.4, -0.2) is 31.8 Å². The number of hydrogen-bond acceptors (Lipinski definition) is 4. The first-order valence-corrected chi connectivity index (χ1v) is 7.66. The van der Waals surface area contributed by atoms with Crippen molar-refractivity contribution < 1.29 is 5.11 Å². The maximum absolute atomic E-state index is 10.5. The predicted molar refractivity (Wildman–Crippen MR) is 94.8 cm³/mol. The van der Waals surface area contributed by atoms with Crippen molar-refractivity contribution in [1.29, 1.82) is 0 Å². The highest BCUT2D eigenvalue weighted by Crippen LogP contribution is 2.41. The van der Waals surface area contributed by atoms with Crippen LogP contribution in [0.3, 0.4) is 0 Å². The minimum Gasteiger partial charge on any atom is -0.356 e. The largest absolute Gasteiger partial charge is 0.356 e. The Kier molecular flexibility index (Phi) is 4.61. The number of nitrogens with zero attached hydrogens (tertiary/aromatic N) is 3. The van der Waals surface area contributed by atoms with E-state index in [0.717, 1.165) is 29.9 Å². The number of aliphatic hydroxyl groups excluding tert-OH is 1. The smallest absolute Gasteiger partial charge is 0.207 e. The lowest BCUT2D eigenvalue weighted by Gasteiger charge is -2.31. The van der Waals surface area contributed by atoms with Crippen LogP contribution in [0.4, 0.5) is 11.4 Å². The van der Waals surface area contributed by atoms with E-state index in [9.17, 15) is 5.11 Å². The van der Waals surface area contributed by atoms with E-state index in [1.165, 1.54) is 0 Å². The third kappa shape index (κ3) is 3.17. The highest BCUT2D eigenvalue weighted by molar-refractivity contribution is 5.77. The maximum atomic E-state index is 10.5. The van der Waals surface area contributed by atoms with Crippen LogP contribution in [0, 0.1) is 5.41 Å². The molecule has 22 heavy (non-hydrogen) atoms. The predicted octanol–water partition coefficient (Wildman–Crippen LogP) is 3.58. The molecule has 0 radical (unpaired) electrons. The van der Waals surface area contributed by atoms with Gasteiger partial charge < -0.3 is 14.9 Å². The second kappa shape index (κ2) is 6.13. The standard InChI is InChI=1S/C18H27N3O/c1-7-8-14(19-5)13-9-10-15-16(11-13)20(6)17(22)21(15)12-18(2,3)4/h7,9-11,14,17,22H,1,5,8,12H2,2-4,6H3. The number of benzene rings is 1. The molecule has 0 aliphatic carbocycles. The summed E-state index contributed by atoms with van der Waals surface area (Å²) in [5.74, 6) is 0. The van der Waals surface area contributed by atoms with Gasteiger partial charge in [0.25, 0.3) is 0 Å². The van der Waals surface area contributed by atoms with E-state index in [1.807, 2.05) is 22.9 Å². The van der Waals surface area contributed by atoms with Gasteiger partial charge in [0.05, 0.1) is 17.4 Å². The first kappa shape index (κ1) is 16.6. The van der Waals surface area contributed by atoms with Crippen molar-refractivity contribution in [2.24, 2.45) is 10.4 Å². The Morgan fingerprint density at radius 1 is 1.36 bits per heavy atom. The number of fused-ring (bicyclic) bond motifs is 1. The Morgan fingerprint density at radius 3 is 2.59 bits per heavy atom. The van der Waals surface area contributed by atoms with Crippen molar-refractivity contribution in [3.05, 3.63) is 36.4 Å². The van der Waals surface area contributed by atoms with Crippen molar-refractivity contribution in [1.82, 2.24) is 0 Å². The molecule has 0 bridgehead atoms. The monoisotopic (exact) mass is 301 g/mol. The molecule has 2 unspecified atom stereocenters. The van der Waals surface area contributed by atoms with Crippen molar-refractivity contribution in [3.63, 3.8) is 0 Å². The van der Waals surface area contributed by atoms with Crippen molar-refractivity contribution in [2.45, 2.75) is 39.6 Å². The zero-order chi connectivity index (χ0) is 16.5. The van der Waals surface area contributed by atoms with E-state index >= 15 is 0 Å². The van der Waals surface area contributed by atoms with Crippen LogP contribution < -0.4 is 9.80 Å². The van der Waals surface area contributed by atoms with Crippen molar-refractivity contribution in [3.8, 4) is 0 Å². The Morgan fingerprint density at radius 2 is 2.05 bits per heavy atom. The molecule has 0 amide bonds. The molecule has 2 rings (SSSR count). The van der Waals surface area contributed by atoms with Gasteiger partial charge in [0.15, 0.2) is 0 Å². The highest BCUT2D eigenvalue weighted by Gasteiger charge is 2.34. The van der Waals surface area contributed by atoms with E-state index in [1.54, 1.807) is 0 Å². The van der Waals surface area contributed by atoms with Crippen LogP contribution in [0.5, 0.6) is 0 Å². The quantitative estimate of drug-likeness (QED) is 0.667. The lowest BCUT2D eigenvalue weighted by Crippen LogP contribution is -2.44.